The van der Waals surface area contributed by atoms with Crippen LogP contribution in [0.4, 0.5) is 0 Å². The van der Waals surface area contributed by atoms with Gasteiger partial charge in [-0.1, -0.05) is 12.1 Å². The third-order valence-electron chi connectivity index (χ3n) is 5.78. The van der Waals surface area contributed by atoms with E-state index in [-0.39, 0.29) is 18.8 Å². The summed E-state index contributed by atoms with van der Waals surface area (Å²) in [6, 6.07) is 13.3. The highest BCUT2D eigenvalue weighted by molar-refractivity contribution is 5.92. The smallest absolute Gasteiger partial charge is 0.271 e. The Balaban J connectivity index is 1.19. The first-order chi connectivity index (χ1) is 16.1. The van der Waals surface area contributed by atoms with E-state index in [1.165, 1.54) is 0 Å². The molecule has 3 aromatic rings. The van der Waals surface area contributed by atoms with E-state index < -0.39 is 0 Å². The zero-order valence-electron chi connectivity index (χ0n) is 18.5. The lowest BCUT2D eigenvalue weighted by molar-refractivity contribution is -0.00128. The van der Waals surface area contributed by atoms with Crippen molar-refractivity contribution in [1.29, 1.82) is 0 Å². The molecule has 9 nitrogen and oxygen atoms in total. The summed E-state index contributed by atoms with van der Waals surface area (Å²) in [7, 11) is 3.20. The van der Waals surface area contributed by atoms with Gasteiger partial charge in [-0.15, -0.1) is 0 Å². The van der Waals surface area contributed by atoms with Crippen molar-refractivity contribution in [3.05, 3.63) is 65.0 Å². The maximum absolute atomic E-state index is 12.7. The highest BCUT2D eigenvalue weighted by atomic mass is 16.7. The van der Waals surface area contributed by atoms with Crippen LogP contribution < -0.4 is 24.3 Å². The number of hydrogen-bond acceptors (Lipinski definition) is 7. The summed E-state index contributed by atoms with van der Waals surface area (Å²) in [6.45, 7) is 1.61. The van der Waals surface area contributed by atoms with Crippen molar-refractivity contribution < 1.29 is 28.5 Å². The van der Waals surface area contributed by atoms with Crippen LogP contribution in [0.25, 0.3) is 0 Å². The molecule has 0 unspecified atom stereocenters. The number of rotatable bonds is 7. The van der Waals surface area contributed by atoms with Gasteiger partial charge in [0.15, 0.2) is 28.7 Å². The second kappa shape index (κ2) is 9.03. The van der Waals surface area contributed by atoms with E-state index in [0.29, 0.717) is 43.3 Å². The molecule has 0 bridgehead atoms. The summed E-state index contributed by atoms with van der Waals surface area (Å²) in [6.07, 6.45) is 0.488. The molecule has 172 valence electrons. The van der Waals surface area contributed by atoms with Crippen LogP contribution in [0.3, 0.4) is 0 Å². The molecule has 3 heterocycles. The fraction of sp³-hybridized carbons (Fsp3) is 0.333. The highest BCUT2D eigenvalue weighted by Gasteiger charge is 2.25. The van der Waals surface area contributed by atoms with Crippen molar-refractivity contribution in [3.8, 4) is 23.0 Å². The highest BCUT2D eigenvalue weighted by Crippen LogP contribution is 2.36. The van der Waals surface area contributed by atoms with Crippen LogP contribution in [-0.2, 0) is 24.3 Å². The number of methoxy groups -OCH3 is 2. The van der Waals surface area contributed by atoms with E-state index >= 15 is 0 Å². The number of ether oxygens (including phenoxy) is 5. The Labute approximate surface area is 191 Å². The molecule has 33 heavy (non-hydrogen) atoms. The van der Waals surface area contributed by atoms with Crippen LogP contribution in [0, 0.1) is 0 Å². The van der Waals surface area contributed by atoms with Gasteiger partial charge in [-0.2, -0.15) is 5.10 Å². The molecular formula is C24H25N3O6. The minimum atomic E-state index is -0.211. The number of hydrogen-bond donors (Lipinski definition) is 1. The molecule has 0 saturated carbocycles. The molecule has 9 heteroatoms. The fourth-order valence-corrected chi connectivity index (χ4v) is 4.00. The monoisotopic (exact) mass is 451 g/mol. The van der Waals surface area contributed by atoms with E-state index in [4.69, 9.17) is 23.7 Å². The Morgan fingerprint density at radius 3 is 2.79 bits per heavy atom. The molecule has 0 spiro atoms. The molecule has 0 aliphatic carbocycles. The first-order valence-electron chi connectivity index (χ1n) is 10.7. The zero-order chi connectivity index (χ0) is 22.8. The van der Waals surface area contributed by atoms with Crippen molar-refractivity contribution >= 4 is 5.91 Å². The van der Waals surface area contributed by atoms with Crippen molar-refractivity contribution in [2.75, 3.05) is 27.6 Å². The van der Waals surface area contributed by atoms with Gasteiger partial charge in [0.1, 0.15) is 6.10 Å². The van der Waals surface area contributed by atoms with Gasteiger partial charge in [-0.3, -0.25) is 9.48 Å². The van der Waals surface area contributed by atoms with Gasteiger partial charge in [0.05, 0.1) is 33.1 Å². The topological polar surface area (TPSA) is 93.1 Å². The molecule has 2 aromatic carbocycles. The Morgan fingerprint density at radius 2 is 1.94 bits per heavy atom. The Morgan fingerprint density at radius 1 is 1.09 bits per heavy atom. The lowest BCUT2D eigenvalue weighted by Crippen LogP contribution is -2.26. The van der Waals surface area contributed by atoms with Gasteiger partial charge in [0.25, 0.3) is 5.91 Å². The molecule has 1 atom stereocenters. The van der Waals surface area contributed by atoms with E-state index in [9.17, 15) is 4.79 Å². The van der Waals surface area contributed by atoms with E-state index in [2.05, 4.69) is 10.4 Å². The van der Waals surface area contributed by atoms with Gasteiger partial charge in [0.2, 0.25) is 6.79 Å². The van der Waals surface area contributed by atoms with Crippen LogP contribution in [-0.4, -0.2) is 43.2 Å². The van der Waals surface area contributed by atoms with Crippen molar-refractivity contribution in [2.24, 2.45) is 0 Å². The average Bonchev–Trinajstić information content (AvgIpc) is 3.49. The van der Waals surface area contributed by atoms with Gasteiger partial charge < -0.3 is 29.0 Å². The van der Waals surface area contributed by atoms with Gasteiger partial charge in [-0.25, -0.2) is 0 Å². The summed E-state index contributed by atoms with van der Waals surface area (Å²) in [5.41, 5.74) is 3.28. The largest absolute Gasteiger partial charge is 0.493 e. The molecule has 1 N–H and O–H groups in total. The maximum Gasteiger partial charge on any atom is 0.271 e. The molecule has 1 aromatic heterocycles. The summed E-state index contributed by atoms with van der Waals surface area (Å²) in [5, 5.41) is 7.44. The number of amides is 1. The lowest BCUT2D eigenvalue weighted by Gasteiger charge is -2.24. The predicted molar refractivity (Wildman–Crippen MR) is 118 cm³/mol. The molecule has 1 amide bonds. The number of aromatic nitrogens is 2. The van der Waals surface area contributed by atoms with Crippen LogP contribution in [0.5, 0.6) is 23.0 Å². The third kappa shape index (κ3) is 4.31. The Hall–Kier alpha value is -3.72. The number of nitrogens with zero attached hydrogens (tertiary/aromatic N) is 2. The summed E-state index contributed by atoms with van der Waals surface area (Å²) < 4.78 is 29.3. The van der Waals surface area contributed by atoms with Gasteiger partial charge in [-0.05, 0) is 47.9 Å². The molecule has 2 aliphatic heterocycles. The Bertz CT molecular complexity index is 1180. The van der Waals surface area contributed by atoms with Crippen LogP contribution >= 0.6 is 0 Å². The van der Waals surface area contributed by atoms with E-state index in [1.807, 2.05) is 41.1 Å². The maximum atomic E-state index is 12.7. The van der Waals surface area contributed by atoms with E-state index in [0.717, 1.165) is 28.3 Å². The number of benzene rings is 2. The summed E-state index contributed by atoms with van der Waals surface area (Å²) in [5.74, 6) is 2.59. The molecule has 0 radical (unpaired) electrons. The molecular weight excluding hydrogens is 426 g/mol. The zero-order valence-corrected chi connectivity index (χ0v) is 18.5. The second-order valence-corrected chi connectivity index (χ2v) is 7.81. The summed E-state index contributed by atoms with van der Waals surface area (Å²) in [4.78, 5) is 12.7. The molecule has 2 aliphatic rings. The first kappa shape index (κ1) is 21.1. The third-order valence-corrected chi connectivity index (χ3v) is 5.78. The number of carbonyl (C=O) groups is 1. The normalized spacial score (nSPS) is 16.2. The number of nitrogens with one attached hydrogen (secondary N) is 1. The SMILES string of the molecule is COc1ccc(CCNC(=O)c2cc3n(n2)C[C@H](c2ccc4c(c2)OCO4)OC3)cc1OC. The fourth-order valence-electron chi connectivity index (χ4n) is 4.00. The van der Waals surface area contributed by atoms with Crippen LogP contribution in [0.15, 0.2) is 42.5 Å². The van der Waals surface area contributed by atoms with Crippen LogP contribution in [0.2, 0.25) is 0 Å². The summed E-state index contributed by atoms with van der Waals surface area (Å²) >= 11 is 0. The number of fused-ring (bicyclic) bond motifs is 2. The van der Waals surface area contributed by atoms with Gasteiger partial charge >= 0.3 is 0 Å². The standard InChI is InChI=1S/C24H25N3O6/c1-29-19-5-3-15(9-21(19)30-2)7-8-25-24(28)18-11-17-13-31-23(12-27(17)26-18)16-4-6-20-22(10-16)33-14-32-20/h3-6,9-11,23H,7-8,12-14H2,1-2H3,(H,25,28)/t23-/m1/s1. The number of carbonyl (C=O) groups excluding carboxylic acids is 1. The van der Waals surface area contributed by atoms with E-state index in [1.54, 1.807) is 20.3 Å². The molecule has 0 fully saturated rings. The minimum Gasteiger partial charge on any atom is -0.493 e. The molecule has 5 rings (SSSR count). The van der Waals surface area contributed by atoms with Crippen molar-refractivity contribution in [2.45, 2.75) is 25.7 Å². The van der Waals surface area contributed by atoms with Crippen molar-refractivity contribution in [3.63, 3.8) is 0 Å². The van der Waals surface area contributed by atoms with Gasteiger partial charge in [0, 0.05) is 6.54 Å². The quantitative estimate of drug-likeness (QED) is 0.590. The first-order valence-corrected chi connectivity index (χ1v) is 10.7. The second-order valence-electron chi connectivity index (χ2n) is 7.81. The van der Waals surface area contributed by atoms with Crippen LogP contribution in [0.1, 0.15) is 33.4 Å². The minimum absolute atomic E-state index is 0.173. The predicted octanol–water partition coefficient (Wildman–Crippen LogP) is 2.87. The molecule has 0 saturated heterocycles. The lowest BCUT2D eigenvalue weighted by atomic mass is 10.1. The Kier molecular flexibility index (Phi) is 5.78. The van der Waals surface area contributed by atoms with Crippen molar-refractivity contribution in [1.82, 2.24) is 15.1 Å². The average molecular weight is 451 g/mol.